The van der Waals surface area contributed by atoms with Crippen LogP contribution >= 0.6 is 23.4 Å². The predicted octanol–water partition coefficient (Wildman–Crippen LogP) is 5.44. The molecule has 2 N–H and O–H groups in total. The maximum Gasteiger partial charge on any atom is 0.240 e. The fraction of sp³-hybridized carbons (Fsp3) is 0.125. The summed E-state index contributed by atoms with van der Waals surface area (Å²) in [5.74, 6) is 0.0742. The predicted molar refractivity (Wildman–Crippen MR) is 128 cm³/mol. The van der Waals surface area contributed by atoms with Gasteiger partial charge >= 0.3 is 0 Å². The summed E-state index contributed by atoms with van der Waals surface area (Å²) in [6.45, 7) is 1.85. The van der Waals surface area contributed by atoms with Crippen LogP contribution in [0.25, 0.3) is 11.4 Å². The standard InChI is InChI=1S/C24H19ClFN5OS/c1-14-18(25)8-5-9-19(14)27-23(32)21-20(15-10-12-17(26)13-11-15)30-31-22(28-29-24(31)33-21)16-6-3-2-4-7-16/h2-13,20-21,30H,1H3,(H,27,32)/t20-,21-/m0/s1. The summed E-state index contributed by atoms with van der Waals surface area (Å²) in [6.07, 6.45) is 0. The summed E-state index contributed by atoms with van der Waals surface area (Å²) in [6, 6.07) is 20.7. The van der Waals surface area contributed by atoms with E-state index in [1.807, 2.05) is 43.3 Å². The Kier molecular flexibility index (Phi) is 5.78. The van der Waals surface area contributed by atoms with Crippen molar-refractivity contribution >= 4 is 35.0 Å². The second kappa shape index (κ2) is 8.88. The van der Waals surface area contributed by atoms with Crippen LogP contribution in [-0.2, 0) is 4.79 Å². The molecule has 0 saturated heterocycles. The van der Waals surface area contributed by atoms with E-state index in [-0.39, 0.29) is 11.7 Å². The van der Waals surface area contributed by atoms with Crippen molar-refractivity contribution in [3.8, 4) is 11.4 Å². The zero-order valence-corrected chi connectivity index (χ0v) is 19.1. The van der Waals surface area contributed by atoms with Gasteiger partial charge in [-0.25, -0.2) is 9.07 Å². The molecule has 1 aromatic heterocycles. The van der Waals surface area contributed by atoms with Gasteiger partial charge in [-0.05, 0) is 42.3 Å². The Hall–Kier alpha value is -3.36. The van der Waals surface area contributed by atoms with Gasteiger partial charge in [-0.15, -0.1) is 10.2 Å². The van der Waals surface area contributed by atoms with Gasteiger partial charge in [0, 0.05) is 16.3 Å². The molecule has 0 spiro atoms. The molecule has 5 rings (SSSR count). The van der Waals surface area contributed by atoms with Gasteiger partial charge in [-0.2, -0.15) is 0 Å². The van der Waals surface area contributed by atoms with E-state index in [1.54, 1.807) is 28.9 Å². The van der Waals surface area contributed by atoms with E-state index >= 15 is 0 Å². The van der Waals surface area contributed by atoms with Crippen molar-refractivity contribution < 1.29 is 9.18 Å². The average Bonchev–Trinajstić information content (AvgIpc) is 3.25. The number of hydrogen-bond donors (Lipinski definition) is 2. The number of amides is 1. The molecule has 6 nitrogen and oxygen atoms in total. The van der Waals surface area contributed by atoms with E-state index in [4.69, 9.17) is 11.6 Å². The minimum absolute atomic E-state index is 0.220. The highest BCUT2D eigenvalue weighted by Crippen LogP contribution is 2.39. The van der Waals surface area contributed by atoms with Gasteiger partial charge in [0.05, 0.1) is 6.04 Å². The summed E-state index contributed by atoms with van der Waals surface area (Å²) in [7, 11) is 0. The first kappa shape index (κ1) is 21.5. The lowest BCUT2D eigenvalue weighted by molar-refractivity contribution is -0.116. The summed E-state index contributed by atoms with van der Waals surface area (Å²) in [4.78, 5) is 13.4. The van der Waals surface area contributed by atoms with Gasteiger partial charge in [0.2, 0.25) is 11.1 Å². The average molecular weight is 480 g/mol. The van der Waals surface area contributed by atoms with Crippen molar-refractivity contribution in [2.45, 2.75) is 23.4 Å². The zero-order chi connectivity index (χ0) is 22.9. The van der Waals surface area contributed by atoms with Crippen molar-refractivity contribution in [1.82, 2.24) is 14.9 Å². The van der Waals surface area contributed by atoms with Crippen LogP contribution in [-0.4, -0.2) is 26.0 Å². The highest BCUT2D eigenvalue weighted by molar-refractivity contribution is 8.00. The third kappa shape index (κ3) is 4.19. The minimum Gasteiger partial charge on any atom is -0.325 e. The van der Waals surface area contributed by atoms with Gasteiger partial charge in [-0.3, -0.25) is 4.79 Å². The van der Waals surface area contributed by atoms with Crippen LogP contribution in [0.5, 0.6) is 0 Å². The lowest BCUT2D eigenvalue weighted by atomic mass is 10.0. The van der Waals surface area contributed by atoms with Crippen LogP contribution < -0.4 is 10.7 Å². The third-order valence-electron chi connectivity index (χ3n) is 5.48. The van der Waals surface area contributed by atoms with Crippen molar-refractivity contribution in [1.29, 1.82) is 0 Å². The SMILES string of the molecule is Cc1c(Cl)cccc1NC(=O)[C@H]1Sc2nnc(-c3ccccc3)n2N[C@H]1c1ccc(F)cc1. The first-order valence-corrected chi connectivity index (χ1v) is 11.5. The van der Waals surface area contributed by atoms with Crippen LogP contribution in [0.3, 0.4) is 0 Å². The molecule has 166 valence electrons. The number of carbonyl (C=O) groups is 1. The van der Waals surface area contributed by atoms with E-state index in [0.29, 0.717) is 21.7 Å². The van der Waals surface area contributed by atoms with Crippen LogP contribution in [0.2, 0.25) is 5.02 Å². The Morgan fingerprint density at radius 2 is 1.82 bits per heavy atom. The molecular formula is C24H19ClFN5OS. The summed E-state index contributed by atoms with van der Waals surface area (Å²) in [5, 5.41) is 12.2. The number of hydrogen-bond acceptors (Lipinski definition) is 5. The summed E-state index contributed by atoms with van der Waals surface area (Å²) in [5.41, 5.74) is 6.47. The van der Waals surface area contributed by atoms with Crippen molar-refractivity contribution in [2.75, 3.05) is 10.7 Å². The molecule has 33 heavy (non-hydrogen) atoms. The fourth-order valence-electron chi connectivity index (χ4n) is 3.70. The van der Waals surface area contributed by atoms with E-state index in [2.05, 4.69) is 20.9 Å². The second-order valence-corrected chi connectivity index (χ2v) is 9.12. The van der Waals surface area contributed by atoms with E-state index in [9.17, 15) is 9.18 Å². The normalized spacial score (nSPS) is 17.2. The largest absolute Gasteiger partial charge is 0.325 e. The van der Waals surface area contributed by atoms with Gasteiger partial charge in [0.1, 0.15) is 11.1 Å². The molecule has 1 aliphatic heterocycles. The quantitative estimate of drug-likeness (QED) is 0.407. The Morgan fingerprint density at radius 1 is 1.06 bits per heavy atom. The molecule has 1 amide bonds. The van der Waals surface area contributed by atoms with Gasteiger partial charge in [-0.1, -0.05) is 71.9 Å². The second-order valence-electron chi connectivity index (χ2n) is 7.61. The number of aromatic nitrogens is 3. The first-order valence-electron chi connectivity index (χ1n) is 10.3. The molecule has 0 saturated carbocycles. The molecule has 0 fully saturated rings. The van der Waals surface area contributed by atoms with Crippen LogP contribution in [0.15, 0.2) is 78.0 Å². The zero-order valence-electron chi connectivity index (χ0n) is 17.5. The van der Waals surface area contributed by atoms with Crippen molar-refractivity contribution in [3.05, 3.63) is 94.8 Å². The Balaban J connectivity index is 1.52. The highest BCUT2D eigenvalue weighted by Gasteiger charge is 2.38. The number of nitrogens with zero attached hydrogens (tertiary/aromatic N) is 3. The molecule has 2 atom stereocenters. The molecule has 4 aromatic rings. The number of benzene rings is 3. The number of halogens is 2. The molecule has 0 radical (unpaired) electrons. The van der Waals surface area contributed by atoms with Gasteiger partial charge in [0.15, 0.2) is 5.82 Å². The number of anilines is 1. The highest BCUT2D eigenvalue weighted by atomic mass is 35.5. The van der Waals surface area contributed by atoms with Crippen LogP contribution in [0, 0.1) is 12.7 Å². The monoisotopic (exact) mass is 479 g/mol. The number of rotatable bonds is 4. The lowest BCUT2D eigenvalue weighted by Crippen LogP contribution is -2.41. The summed E-state index contributed by atoms with van der Waals surface area (Å²) >= 11 is 7.53. The van der Waals surface area contributed by atoms with Crippen LogP contribution in [0.1, 0.15) is 17.2 Å². The molecule has 0 bridgehead atoms. The minimum atomic E-state index is -0.589. The van der Waals surface area contributed by atoms with E-state index in [1.165, 1.54) is 23.9 Å². The Labute approximate surface area is 199 Å². The van der Waals surface area contributed by atoms with E-state index in [0.717, 1.165) is 16.7 Å². The Morgan fingerprint density at radius 3 is 2.58 bits per heavy atom. The maximum atomic E-state index is 13.6. The number of nitrogens with one attached hydrogen (secondary N) is 2. The molecule has 0 unspecified atom stereocenters. The molecule has 2 heterocycles. The van der Waals surface area contributed by atoms with Crippen molar-refractivity contribution in [2.24, 2.45) is 0 Å². The van der Waals surface area contributed by atoms with Gasteiger partial charge < -0.3 is 10.7 Å². The van der Waals surface area contributed by atoms with Crippen molar-refractivity contribution in [3.63, 3.8) is 0 Å². The molecule has 0 aliphatic carbocycles. The third-order valence-corrected chi connectivity index (χ3v) is 7.11. The number of carbonyl (C=O) groups excluding carboxylic acids is 1. The van der Waals surface area contributed by atoms with Gasteiger partial charge in [0.25, 0.3) is 0 Å². The molecule has 9 heteroatoms. The smallest absolute Gasteiger partial charge is 0.240 e. The topological polar surface area (TPSA) is 71.8 Å². The first-order chi connectivity index (χ1) is 16.0. The van der Waals surface area contributed by atoms with Crippen LogP contribution in [0.4, 0.5) is 10.1 Å². The fourth-order valence-corrected chi connectivity index (χ4v) is 4.95. The summed E-state index contributed by atoms with van der Waals surface area (Å²) < 4.78 is 15.4. The maximum absolute atomic E-state index is 13.6. The molecular weight excluding hydrogens is 461 g/mol. The number of thioether (sulfide) groups is 1. The van der Waals surface area contributed by atoms with E-state index < -0.39 is 11.3 Å². The molecule has 1 aliphatic rings. The molecule has 3 aromatic carbocycles. The number of fused-ring (bicyclic) bond motifs is 1. The Bertz CT molecular complexity index is 1310. The lowest BCUT2D eigenvalue weighted by Gasteiger charge is -2.33.